The van der Waals surface area contributed by atoms with Crippen molar-refractivity contribution in [1.29, 1.82) is 0 Å². The summed E-state index contributed by atoms with van der Waals surface area (Å²) in [6, 6.07) is 4.13. The summed E-state index contributed by atoms with van der Waals surface area (Å²) in [5.41, 5.74) is 6.07. The summed E-state index contributed by atoms with van der Waals surface area (Å²) in [5.74, 6) is -1.66. The number of nitrogens with two attached hydrogens (primary N) is 1. The van der Waals surface area contributed by atoms with Crippen molar-refractivity contribution in [3.63, 3.8) is 0 Å². The summed E-state index contributed by atoms with van der Waals surface area (Å²) in [5, 5.41) is 0. The lowest BCUT2D eigenvalue weighted by Gasteiger charge is -2.16. The third kappa shape index (κ3) is 2.39. The van der Waals surface area contributed by atoms with Gasteiger partial charge < -0.3 is 10.5 Å². The van der Waals surface area contributed by atoms with Crippen molar-refractivity contribution in [1.82, 2.24) is 0 Å². The van der Waals surface area contributed by atoms with Gasteiger partial charge in [-0.1, -0.05) is 12.1 Å². The van der Waals surface area contributed by atoms with Gasteiger partial charge in [-0.25, -0.2) is 8.78 Å². The van der Waals surface area contributed by atoms with E-state index in [1.165, 1.54) is 12.1 Å². The molecule has 0 aliphatic heterocycles. The van der Waals surface area contributed by atoms with Gasteiger partial charge in [-0.15, -0.1) is 0 Å². The fraction of sp³-hybridized carbons (Fsp3) is 0.500. The molecule has 1 saturated carbocycles. The fourth-order valence-corrected chi connectivity index (χ4v) is 2.02. The highest BCUT2D eigenvalue weighted by Gasteiger charge is 2.24. The molecular formula is C12H15F2NO. The van der Waals surface area contributed by atoms with E-state index in [0.717, 1.165) is 25.3 Å². The Morgan fingerprint density at radius 2 is 2.12 bits per heavy atom. The fourth-order valence-electron chi connectivity index (χ4n) is 2.02. The van der Waals surface area contributed by atoms with Crippen LogP contribution in [0.4, 0.5) is 8.78 Å². The molecule has 0 heterocycles. The third-order valence-electron chi connectivity index (χ3n) is 2.99. The van der Waals surface area contributed by atoms with Crippen LogP contribution in [0.15, 0.2) is 18.2 Å². The summed E-state index contributed by atoms with van der Waals surface area (Å²) < 4.78 is 31.7. The van der Waals surface area contributed by atoms with E-state index in [-0.39, 0.29) is 24.3 Å². The zero-order valence-corrected chi connectivity index (χ0v) is 8.96. The maximum Gasteiger partial charge on any atom is 0.164 e. The van der Waals surface area contributed by atoms with E-state index >= 15 is 0 Å². The van der Waals surface area contributed by atoms with Crippen molar-refractivity contribution in [2.24, 2.45) is 5.73 Å². The van der Waals surface area contributed by atoms with Crippen LogP contribution in [0.3, 0.4) is 0 Å². The standard InChI is InChI=1S/C12H15F2NO/c13-9-4-1-3-8(12(9)14)7-16-11-6-2-5-10(11)15/h1,3-4,10-11H,2,5-7,15H2. The van der Waals surface area contributed by atoms with Crippen LogP contribution >= 0.6 is 0 Å². The zero-order chi connectivity index (χ0) is 11.5. The van der Waals surface area contributed by atoms with Crippen LogP contribution in [0, 0.1) is 11.6 Å². The minimum absolute atomic E-state index is 0.0246. The molecule has 1 aliphatic rings. The monoisotopic (exact) mass is 227 g/mol. The van der Waals surface area contributed by atoms with E-state index in [4.69, 9.17) is 10.5 Å². The molecule has 16 heavy (non-hydrogen) atoms. The van der Waals surface area contributed by atoms with Gasteiger partial charge in [0, 0.05) is 11.6 Å². The molecule has 1 fully saturated rings. The van der Waals surface area contributed by atoms with Crippen molar-refractivity contribution in [3.05, 3.63) is 35.4 Å². The molecule has 88 valence electrons. The Morgan fingerprint density at radius 3 is 2.81 bits per heavy atom. The Kier molecular flexibility index (Phi) is 3.51. The molecule has 1 aromatic carbocycles. The second-order valence-electron chi connectivity index (χ2n) is 4.16. The Labute approximate surface area is 93.4 Å². The van der Waals surface area contributed by atoms with Crippen molar-refractivity contribution in [2.75, 3.05) is 0 Å². The first-order chi connectivity index (χ1) is 7.68. The van der Waals surface area contributed by atoms with E-state index in [1.807, 2.05) is 0 Å². The normalized spacial score (nSPS) is 24.9. The third-order valence-corrected chi connectivity index (χ3v) is 2.99. The SMILES string of the molecule is NC1CCCC1OCc1cccc(F)c1F. The Morgan fingerprint density at radius 1 is 1.31 bits per heavy atom. The number of hydrogen-bond acceptors (Lipinski definition) is 2. The van der Waals surface area contributed by atoms with Gasteiger partial charge in [-0.3, -0.25) is 0 Å². The average Bonchev–Trinajstić information content (AvgIpc) is 2.67. The molecule has 2 atom stereocenters. The first-order valence-electron chi connectivity index (χ1n) is 5.48. The summed E-state index contributed by atoms with van der Waals surface area (Å²) in [7, 11) is 0. The second-order valence-corrected chi connectivity index (χ2v) is 4.16. The lowest BCUT2D eigenvalue weighted by atomic mass is 10.2. The molecule has 1 aromatic rings. The van der Waals surface area contributed by atoms with E-state index in [9.17, 15) is 8.78 Å². The van der Waals surface area contributed by atoms with Crippen LogP contribution < -0.4 is 5.73 Å². The molecule has 2 unspecified atom stereocenters. The van der Waals surface area contributed by atoms with Gasteiger partial charge in [0.05, 0.1) is 12.7 Å². The molecule has 0 radical (unpaired) electrons. The lowest BCUT2D eigenvalue weighted by molar-refractivity contribution is 0.0340. The average molecular weight is 227 g/mol. The number of ether oxygens (including phenoxy) is 1. The largest absolute Gasteiger partial charge is 0.372 e. The Bertz CT molecular complexity index is 370. The minimum atomic E-state index is -0.836. The molecule has 2 rings (SSSR count). The molecule has 0 saturated heterocycles. The second kappa shape index (κ2) is 4.89. The van der Waals surface area contributed by atoms with Gasteiger partial charge in [-0.2, -0.15) is 0 Å². The van der Waals surface area contributed by atoms with Gasteiger partial charge >= 0.3 is 0 Å². The Balaban J connectivity index is 1.96. The van der Waals surface area contributed by atoms with Gasteiger partial charge in [0.25, 0.3) is 0 Å². The molecule has 1 aliphatic carbocycles. The maximum absolute atomic E-state index is 13.3. The zero-order valence-electron chi connectivity index (χ0n) is 8.96. The minimum Gasteiger partial charge on any atom is -0.372 e. The van der Waals surface area contributed by atoms with Gasteiger partial charge in [-0.05, 0) is 25.3 Å². The first-order valence-corrected chi connectivity index (χ1v) is 5.48. The van der Waals surface area contributed by atoms with Gasteiger partial charge in [0.15, 0.2) is 11.6 Å². The van der Waals surface area contributed by atoms with Crippen molar-refractivity contribution in [3.8, 4) is 0 Å². The lowest BCUT2D eigenvalue weighted by Crippen LogP contribution is -2.31. The summed E-state index contributed by atoms with van der Waals surface area (Å²) in [6.07, 6.45) is 2.86. The van der Waals surface area contributed by atoms with Crippen molar-refractivity contribution < 1.29 is 13.5 Å². The molecule has 0 aromatic heterocycles. The highest BCUT2D eigenvalue weighted by Crippen LogP contribution is 2.22. The molecular weight excluding hydrogens is 212 g/mol. The van der Waals surface area contributed by atoms with E-state index < -0.39 is 11.6 Å². The van der Waals surface area contributed by atoms with Crippen LogP contribution in [-0.4, -0.2) is 12.1 Å². The van der Waals surface area contributed by atoms with E-state index in [1.54, 1.807) is 0 Å². The smallest absolute Gasteiger partial charge is 0.164 e. The van der Waals surface area contributed by atoms with Crippen LogP contribution in [0.5, 0.6) is 0 Å². The quantitative estimate of drug-likeness (QED) is 0.860. The van der Waals surface area contributed by atoms with Crippen LogP contribution in [0.25, 0.3) is 0 Å². The summed E-state index contributed by atoms with van der Waals surface area (Å²) in [6.45, 7) is 0.0853. The highest BCUT2D eigenvalue weighted by atomic mass is 19.2. The van der Waals surface area contributed by atoms with Gasteiger partial charge in [0.2, 0.25) is 0 Å². The molecule has 2 nitrogen and oxygen atoms in total. The number of halogens is 2. The van der Waals surface area contributed by atoms with Crippen molar-refractivity contribution >= 4 is 0 Å². The van der Waals surface area contributed by atoms with E-state index in [2.05, 4.69) is 0 Å². The topological polar surface area (TPSA) is 35.2 Å². The van der Waals surface area contributed by atoms with Gasteiger partial charge in [0.1, 0.15) is 0 Å². The van der Waals surface area contributed by atoms with Crippen LogP contribution in [0.1, 0.15) is 24.8 Å². The summed E-state index contributed by atoms with van der Waals surface area (Å²) in [4.78, 5) is 0. The number of rotatable bonds is 3. The predicted octanol–water partition coefficient (Wildman–Crippen LogP) is 2.36. The first kappa shape index (κ1) is 11.5. The maximum atomic E-state index is 13.3. The van der Waals surface area contributed by atoms with Crippen LogP contribution in [0.2, 0.25) is 0 Å². The molecule has 4 heteroatoms. The molecule has 2 N–H and O–H groups in total. The molecule has 0 spiro atoms. The highest BCUT2D eigenvalue weighted by molar-refractivity contribution is 5.18. The predicted molar refractivity (Wildman–Crippen MR) is 56.8 cm³/mol. The Hall–Kier alpha value is -1.00. The van der Waals surface area contributed by atoms with Crippen molar-refractivity contribution in [2.45, 2.75) is 38.0 Å². The summed E-state index contributed by atoms with van der Waals surface area (Å²) >= 11 is 0. The van der Waals surface area contributed by atoms with Crippen LogP contribution in [-0.2, 0) is 11.3 Å². The molecule has 0 amide bonds. The van der Waals surface area contributed by atoms with E-state index in [0.29, 0.717) is 0 Å². The number of benzene rings is 1. The number of hydrogen-bond donors (Lipinski definition) is 1. The molecule has 0 bridgehead atoms.